The lowest BCUT2D eigenvalue weighted by molar-refractivity contribution is -0.136. The second-order valence-electron chi connectivity index (χ2n) is 4.18. The molecule has 0 aliphatic carbocycles. The van der Waals surface area contributed by atoms with Gasteiger partial charge in [0.15, 0.2) is 0 Å². The zero-order valence-electron chi connectivity index (χ0n) is 9.98. The minimum Gasteiger partial charge on any atom is -0.481 e. The molecule has 0 aromatic heterocycles. The zero-order valence-corrected chi connectivity index (χ0v) is 10.7. The molecule has 2 aromatic carbocycles. The molecule has 92 valence electrons. The SMILES string of the molecule is Cc1cccc(-c2ccc(Cl)cc2)c1CC(=O)O. The molecule has 2 aromatic rings. The van der Waals surface area contributed by atoms with Crippen molar-refractivity contribution >= 4 is 17.6 Å². The fourth-order valence-corrected chi connectivity index (χ4v) is 2.11. The van der Waals surface area contributed by atoms with E-state index in [1.54, 1.807) is 0 Å². The van der Waals surface area contributed by atoms with Crippen LogP contribution in [-0.2, 0) is 11.2 Å². The van der Waals surface area contributed by atoms with E-state index < -0.39 is 5.97 Å². The Morgan fingerprint density at radius 3 is 2.44 bits per heavy atom. The van der Waals surface area contributed by atoms with Gasteiger partial charge in [-0.05, 0) is 41.3 Å². The summed E-state index contributed by atoms with van der Waals surface area (Å²) in [6.45, 7) is 1.93. The molecule has 0 atom stereocenters. The molecule has 0 amide bonds. The van der Waals surface area contributed by atoms with E-state index in [0.717, 1.165) is 22.3 Å². The highest BCUT2D eigenvalue weighted by Crippen LogP contribution is 2.27. The molecular weight excluding hydrogens is 248 g/mol. The number of aryl methyl sites for hydroxylation is 1. The quantitative estimate of drug-likeness (QED) is 0.908. The summed E-state index contributed by atoms with van der Waals surface area (Å²) in [7, 11) is 0. The van der Waals surface area contributed by atoms with Crippen molar-refractivity contribution in [3.8, 4) is 11.1 Å². The monoisotopic (exact) mass is 260 g/mol. The van der Waals surface area contributed by atoms with Gasteiger partial charge in [0.2, 0.25) is 0 Å². The molecule has 0 heterocycles. The van der Waals surface area contributed by atoms with Crippen LogP contribution in [0.3, 0.4) is 0 Å². The zero-order chi connectivity index (χ0) is 13.1. The van der Waals surface area contributed by atoms with Crippen LogP contribution >= 0.6 is 11.6 Å². The maximum atomic E-state index is 10.9. The van der Waals surface area contributed by atoms with Gasteiger partial charge >= 0.3 is 5.97 Å². The molecule has 0 aliphatic rings. The summed E-state index contributed by atoms with van der Waals surface area (Å²) in [5.41, 5.74) is 3.78. The van der Waals surface area contributed by atoms with Crippen LogP contribution < -0.4 is 0 Å². The van der Waals surface area contributed by atoms with Gasteiger partial charge in [-0.1, -0.05) is 41.9 Å². The van der Waals surface area contributed by atoms with Gasteiger partial charge in [0.25, 0.3) is 0 Å². The minimum absolute atomic E-state index is 0.0324. The molecule has 0 unspecified atom stereocenters. The van der Waals surface area contributed by atoms with Crippen LogP contribution in [0.4, 0.5) is 0 Å². The van der Waals surface area contributed by atoms with Crippen LogP contribution in [0.5, 0.6) is 0 Å². The van der Waals surface area contributed by atoms with Gasteiger partial charge in [-0.3, -0.25) is 4.79 Å². The van der Waals surface area contributed by atoms with Gasteiger partial charge in [-0.2, -0.15) is 0 Å². The number of carboxylic acid groups (broad SMARTS) is 1. The van der Waals surface area contributed by atoms with Gasteiger partial charge in [-0.15, -0.1) is 0 Å². The third kappa shape index (κ3) is 2.71. The largest absolute Gasteiger partial charge is 0.481 e. The predicted molar refractivity (Wildman–Crippen MR) is 73.0 cm³/mol. The number of halogens is 1. The molecule has 1 N–H and O–H groups in total. The Labute approximate surface area is 111 Å². The molecule has 0 saturated heterocycles. The first kappa shape index (κ1) is 12.7. The van der Waals surface area contributed by atoms with Crippen LogP contribution in [0, 0.1) is 6.92 Å². The highest BCUT2D eigenvalue weighted by molar-refractivity contribution is 6.30. The average molecular weight is 261 g/mol. The smallest absolute Gasteiger partial charge is 0.307 e. The van der Waals surface area contributed by atoms with Crippen molar-refractivity contribution < 1.29 is 9.90 Å². The Hall–Kier alpha value is -1.80. The van der Waals surface area contributed by atoms with Gasteiger partial charge in [0.05, 0.1) is 6.42 Å². The predicted octanol–water partition coefficient (Wildman–Crippen LogP) is 3.94. The summed E-state index contributed by atoms with van der Waals surface area (Å²) in [5.74, 6) is -0.820. The molecule has 0 saturated carbocycles. The van der Waals surface area contributed by atoms with Crippen molar-refractivity contribution in [2.45, 2.75) is 13.3 Å². The second kappa shape index (κ2) is 5.23. The summed E-state index contributed by atoms with van der Waals surface area (Å²) in [6.07, 6.45) is 0.0324. The lowest BCUT2D eigenvalue weighted by atomic mass is 9.94. The van der Waals surface area contributed by atoms with Crippen molar-refractivity contribution in [1.82, 2.24) is 0 Å². The Bertz CT molecular complexity index is 574. The number of carbonyl (C=O) groups is 1. The van der Waals surface area contributed by atoms with E-state index in [1.807, 2.05) is 49.4 Å². The first-order chi connectivity index (χ1) is 8.58. The van der Waals surface area contributed by atoms with E-state index in [1.165, 1.54) is 0 Å². The summed E-state index contributed by atoms with van der Waals surface area (Å²) in [6, 6.07) is 13.2. The van der Waals surface area contributed by atoms with E-state index in [-0.39, 0.29) is 6.42 Å². The summed E-state index contributed by atoms with van der Waals surface area (Å²) < 4.78 is 0. The van der Waals surface area contributed by atoms with Crippen LogP contribution in [0.1, 0.15) is 11.1 Å². The second-order valence-corrected chi connectivity index (χ2v) is 4.61. The standard InChI is InChI=1S/C15H13ClO2/c1-10-3-2-4-13(14(10)9-15(17)18)11-5-7-12(16)8-6-11/h2-8H,9H2,1H3,(H,17,18). The van der Waals surface area contributed by atoms with Crippen molar-refractivity contribution in [3.63, 3.8) is 0 Å². The molecule has 0 bridgehead atoms. The van der Waals surface area contributed by atoms with Crippen molar-refractivity contribution in [3.05, 3.63) is 58.6 Å². The lowest BCUT2D eigenvalue weighted by Gasteiger charge is -2.11. The molecule has 0 fully saturated rings. The minimum atomic E-state index is -0.820. The Kier molecular flexibility index (Phi) is 3.68. The Morgan fingerprint density at radius 1 is 1.17 bits per heavy atom. The first-order valence-corrected chi connectivity index (χ1v) is 6.02. The molecule has 2 rings (SSSR count). The number of benzene rings is 2. The van der Waals surface area contributed by atoms with E-state index >= 15 is 0 Å². The number of aliphatic carboxylic acids is 1. The number of hydrogen-bond acceptors (Lipinski definition) is 1. The van der Waals surface area contributed by atoms with Gasteiger partial charge in [0.1, 0.15) is 0 Å². The summed E-state index contributed by atoms with van der Waals surface area (Å²) >= 11 is 5.86. The molecule has 18 heavy (non-hydrogen) atoms. The number of rotatable bonds is 3. The van der Waals surface area contributed by atoms with E-state index in [0.29, 0.717) is 5.02 Å². The van der Waals surface area contributed by atoms with Crippen LogP contribution in [0.25, 0.3) is 11.1 Å². The summed E-state index contributed by atoms with van der Waals surface area (Å²) in [5, 5.41) is 9.66. The Balaban J connectivity index is 2.53. The van der Waals surface area contributed by atoms with Gasteiger partial charge in [0, 0.05) is 5.02 Å². The number of carboxylic acids is 1. The third-order valence-electron chi connectivity index (χ3n) is 2.89. The summed E-state index contributed by atoms with van der Waals surface area (Å²) in [4.78, 5) is 10.9. The topological polar surface area (TPSA) is 37.3 Å². The van der Waals surface area contributed by atoms with E-state index in [9.17, 15) is 4.79 Å². The van der Waals surface area contributed by atoms with Gasteiger partial charge in [-0.25, -0.2) is 0 Å². The van der Waals surface area contributed by atoms with Gasteiger partial charge < -0.3 is 5.11 Å². The molecule has 0 spiro atoms. The molecule has 0 aliphatic heterocycles. The van der Waals surface area contributed by atoms with E-state index in [4.69, 9.17) is 16.7 Å². The van der Waals surface area contributed by atoms with Crippen molar-refractivity contribution in [1.29, 1.82) is 0 Å². The third-order valence-corrected chi connectivity index (χ3v) is 3.15. The normalized spacial score (nSPS) is 10.3. The number of hydrogen-bond donors (Lipinski definition) is 1. The van der Waals surface area contributed by atoms with Crippen LogP contribution in [0.15, 0.2) is 42.5 Å². The molecule has 2 nitrogen and oxygen atoms in total. The lowest BCUT2D eigenvalue weighted by Crippen LogP contribution is -2.03. The van der Waals surface area contributed by atoms with Crippen LogP contribution in [-0.4, -0.2) is 11.1 Å². The highest BCUT2D eigenvalue weighted by atomic mass is 35.5. The molecule has 3 heteroatoms. The molecular formula is C15H13ClO2. The maximum absolute atomic E-state index is 10.9. The Morgan fingerprint density at radius 2 is 1.83 bits per heavy atom. The van der Waals surface area contributed by atoms with Crippen molar-refractivity contribution in [2.75, 3.05) is 0 Å². The fraction of sp³-hybridized carbons (Fsp3) is 0.133. The maximum Gasteiger partial charge on any atom is 0.307 e. The van der Waals surface area contributed by atoms with Crippen molar-refractivity contribution in [2.24, 2.45) is 0 Å². The highest BCUT2D eigenvalue weighted by Gasteiger charge is 2.10. The first-order valence-electron chi connectivity index (χ1n) is 5.64. The van der Waals surface area contributed by atoms with Crippen LogP contribution in [0.2, 0.25) is 5.02 Å². The fourth-order valence-electron chi connectivity index (χ4n) is 1.99. The molecule has 0 radical (unpaired) electrons. The average Bonchev–Trinajstić information content (AvgIpc) is 2.32. The van der Waals surface area contributed by atoms with E-state index in [2.05, 4.69) is 0 Å².